The van der Waals surface area contributed by atoms with E-state index in [0.29, 0.717) is 49.6 Å². The minimum absolute atomic E-state index is 0.143. The summed E-state index contributed by atoms with van der Waals surface area (Å²) in [7, 11) is 0. The van der Waals surface area contributed by atoms with Crippen LogP contribution in [0.15, 0.2) is 49.2 Å². The molecular weight excluding hydrogens is 487 g/mol. The monoisotopic (exact) mass is 507 g/mol. The number of carbonyl (C=O) groups is 1. The number of aromatic nitrogens is 6. The SMILES string of the molecule is N#CC1(C(=O)n2cc([C@@H]3CN(c4ccnc(-c5cnc6ccc(C(F)(F)F)cn56)n4)CCN3)cn2)CC1. The van der Waals surface area contributed by atoms with Crippen molar-refractivity contribution in [1.29, 1.82) is 5.26 Å². The molecule has 1 N–H and O–H groups in total. The Bertz CT molecular complexity index is 1550. The average molecular weight is 507 g/mol. The van der Waals surface area contributed by atoms with E-state index < -0.39 is 17.2 Å². The lowest BCUT2D eigenvalue weighted by atomic mass is 10.1. The molecule has 5 heterocycles. The van der Waals surface area contributed by atoms with Crippen LogP contribution in [-0.2, 0) is 6.18 Å². The van der Waals surface area contributed by atoms with E-state index in [-0.39, 0.29) is 17.8 Å². The van der Waals surface area contributed by atoms with Crippen LogP contribution in [0.1, 0.15) is 34.8 Å². The molecule has 37 heavy (non-hydrogen) atoms. The molecule has 1 aliphatic carbocycles. The van der Waals surface area contributed by atoms with Gasteiger partial charge in [0.15, 0.2) is 5.82 Å². The highest BCUT2D eigenvalue weighted by Crippen LogP contribution is 2.46. The van der Waals surface area contributed by atoms with Gasteiger partial charge >= 0.3 is 6.18 Å². The molecular formula is C24H20F3N9O. The van der Waals surface area contributed by atoms with Gasteiger partial charge in [-0.3, -0.25) is 9.20 Å². The molecule has 4 aromatic rings. The molecule has 6 rings (SSSR count). The van der Waals surface area contributed by atoms with Crippen LogP contribution in [0.5, 0.6) is 0 Å². The predicted molar refractivity (Wildman–Crippen MR) is 124 cm³/mol. The number of nitrogens with one attached hydrogen (secondary N) is 1. The minimum atomic E-state index is -4.49. The third-order valence-electron chi connectivity index (χ3n) is 6.79. The van der Waals surface area contributed by atoms with Gasteiger partial charge < -0.3 is 10.2 Å². The summed E-state index contributed by atoms with van der Waals surface area (Å²) in [6.07, 6.45) is 3.90. The molecule has 1 aliphatic heterocycles. The van der Waals surface area contributed by atoms with E-state index >= 15 is 0 Å². The highest BCUT2D eigenvalue weighted by Gasteiger charge is 2.51. The van der Waals surface area contributed by atoms with Gasteiger partial charge in [-0.1, -0.05) is 0 Å². The van der Waals surface area contributed by atoms with Crippen LogP contribution in [0.25, 0.3) is 17.2 Å². The van der Waals surface area contributed by atoms with Crippen molar-refractivity contribution in [2.75, 3.05) is 24.5 Å². The molecule has 0 unspecified atom stereocenters. The largest absolute Gasteiger partial charge is 0.417 e. The minimum Gasteiger partial charge on any atom is -0.353 e. The van der Waals surface area contributed by atoms with Gasteiger partial charge in [0, 0.05) is 43.8 Å². The molecule has 0 spiro atoms. The lowest BCUT2D eigenvalue weighted by molar-refractivity contribution is -0.137. The lowest BCUT2D eigenvalue weighted by Gasteiger charge is -2.34. The molecule has 0 radical (unpaired) electrons. The van der Waals surface area contributed by atoms with Crippen molar-refractivity contribution in [2.45, 2.75) is 25.1 Å². The van der Waals surface area contributed by atoms with Gasteiger partial charge in [-0.25, -0.2) is 19.6 Å². The van der Waals surface area contributed by atoms with Crippen LogP contribution in [0.4, 0.5) is 19.0 Å². The normalized spacial score (nSPS) is 19.1. The van der Waals surface area contributed by atoms with Gasteiger partial charge in [-0.15, -0.1) is 0 Å². The fourth-order valence-electron chi connectivity index (χ4n) is 4.49. The highest BCUT2D eigenvalue weighted by molar-refractivity contribution is 5.89. The molecule has 13 heteroatoms. The molecule has 0 amide bonds. The van der Waals surface area contributed by atoms with E-state index in [2.05, 4.69) is 31.4 Å². The summed E-state index contributed by atoms with van der Waals surface area (Å²) in [5.74, 6) is 0.559. The molecule has 0 bridgehead atoms. The molecule has 10 nitrogen and oxygen atoms in total. The van der Waals surface area contributed by atoms with Crippen molar-refractivity contribution in [3.8, 4) is 17.6 Å². The summed E-state index contributed by atoms with van der Waals surface area (Å²) in [4.78, 5) is 27.8. The Morgan fingerprint density at radius 3 is 2.76 bits per heavy atom. The Labute approximate surface area is 208 Å². The van der Waals surface area contributed by atoms with Gasteiger partial charge in [-0.05, 0) is 31.0 Å². The first-order chi connectivity index (χ1) is 17.8. The van der Waals surface area contributed by atoms with Crippen LogP contribution >= 0.6 is 0 Å². The van der Waals surface area contributed by atoms with Crippen LogP contribution in [-0.4, -0.2) is 54.7 Å². The van der Waals surface area contributed by atoms with E-state index in [1.165, 1.54) is 21.3 Å². The number of hydrogen-bond donors (Lipinski definition) is 1. The second-order valence-electron chi connectivity index (χ2n) is 9.20. The quantitative estimate of drug-likeness (QED) is 0.448. The molecule has 2 fully saturated rings. The number of pyridine rings is 1. The van der Waals surface area contributed by atoms with Crippen LogP contribution in [0, 0.1) is 16.7 Å². The number of nitriles is 1. The topological polar surface area (TPSA) is 117 Å². The molecule has 1 atom stereocenters. The first-order valence-electron chi connectivity index (χ1n) is 11.6. The van der Waals surface area contributed by atoms with Crippen molar-refractivity contribution in [3.05, 3.63) is 60.3 Å². The lowest BCUT2D eigenvalue weighted by Crippen LogP contribution is -2.46. The van der Waals surface area contributed by atoms with Crippen molar-refractivity contribution in [2.24, 2.45) is 5.41 Å². The maximum atomic E-state index is 13.2. The van der Waals surface area contributed by atoms with Gasteiger partial charge in [-0.2, -0.15) is 23.5 Å². The zero-order valence-electron chi connectivity index (χ0n) is 19.4. The summed E-state index contributed by atoms with van der Waals surface area (Å²) in [6.45, 7) is 1.80. The number of halogens is 3. The third kappa shape index (κ3) is 4.09. The zero-order chi connectivity index (χ0) is 25.8. The van der Waals surface area contributed by atoms with Crippen LogP contribution in [0.2, 0.25) is 0 Å². The Kier molecular flexibility index (Phi) is 5.23. The molecule has 0 aromatic carbocycles. The Morgan fingerprint density at radius 1 is 1.16 bits per heavy atom. The first kappa shape index (κ1) is 23.1. The number of carbonyl (C=O) groups excluding carboxylic acids is 1. The zero-order valence-corrected chi connectivity index (χ0v) is 19.4. The van der Waals surface area contributed by atoms with Crippen molar-refractivity contribution < 1.29 is 18.0 Å². The third-order valence-corrected chi connectivity index (χ3v) is 6.79. The summed E-state index contributed by atoms with van der Waals surface area (Å²) in [5.41, 5.74) is -0.230. The van der Waals surface area contributed by atoms with Crippen LogP contribution in [0.3, 0.4) is 0 Å². The molecule has 1 saturated heterocycles. The van der Waals surface area contributed by atoms with Gasteiger partial charge in [0.1, 0.15) is 22.6 Å². The summed E-state index contributed by atoms with van der Waals surface area (Å²) in [6, 6.07) is 6.00. The smallest absolute Gasteiger partial charge is 0.353 e. The summed E-state index contributed by atoms with van der Waals surface area (Å²) >= 11 is 0. The number of nitrogens with zero attached hydrogens (tertiary/aromatic N) is 8. The van der Waals surface area contributed by atoms with Gasteiger partial charge in [0.2, 0.25) is 0 Å². The van der Waals surface area contributed by atoms with E-state index in [9.17, 15) is 23.2 Å². The second-order valence-corrected chi connectivity index (χ2v) is 9.20. The maximum absolute atomic E-state index is 13.2. The number of alkyl halides is 3. The second kappa shape index (κ2) is 8.38. The number of piperazine rings is 1. The van der Waals surface area contributed by atoms with Crippen molar-refractivity contribution in [3.63, 3.8) is 0 Å². The molecule has 4 aromatic heterocycles. The number of hydrogen-bond acceptors (Lipinski definition) is 8. The number of anilines is 1. The van der Waals surface area contributed by atoms with Crippen LogP contribution < -0.4 is 10.2 Å². The Hall–Kier alpha value is -4.31. The summed E-state index contributed by atoms with van der Waals surface area (Å²) < 4.78 is 42.3. The predicted octanol–water partition coefficient (Wildman–Crippen LogP) is 3.10. The molecule has 1 saturated carbocycles. The Morgan fingerprint density at radius 2 is 2.00 bits per heavy atom. The van der Waals surface area contributed by atoms with Crippen molar-refractivity contribution in [1.82, 2.24) is 34.4 Å². The van der Waals surface area contributed by atoms with E-state index in [1.807, 2.05) is 4.90 Å². The maximum Gasteiger partial charge on any atom is 0.417 e. The Balaban J connectivity index is 1.25. The number of rotatable bonds is 4. The number of imidazole rings is 1. The fourth-order valence-corrected chi connectivity index (χ4v) is 4.49. The highest BCUT2D eigenvalue weighted by atomic mass is 19.4. The van der Waals surface area contributed by atoms with E-state index in [0.717, 1.165) is 17.8 Å². The number of fused-ring (bicyclic) bond motifs is 1. The van der Waals surface area contributed by atoms with E-state index in [4.69, 9.17) is 0 Å². The molecule has 2 aliphatic rings. The van der Waals surface area contributed by atoms with Gasteiger partial charge in [0.25, 0.3) is 5.91 Å². The molecule has 188 valence electrons. The summed E-state index contributed by atoms with van der Waals surface area (Å²) in [5, 5.41) is 16.9. The average Bonchev–Trinajstić information content (AvgIpc) is 3.35. The van der Waals surface area contributed by atoms with Crippen molar-refractivity contribution >= 4 is 17.4 Å². The first-order valence-corrected chi connectivity index (χ1v) is 11.6. The van der Waals surface area contributed by atoms with E-state index in [1.54, 1.807) is 24.7 Å². The van der Waals surface area contributed by atoms with Gasteiger partial charge in [0.05, 0.1) is 30.1 Å². The standard InChI is InChI=1S/C24H20F3N9O/c25-24(26,27)16-1-2-19-31-10-18(35(19)12-16)21-30-6-3-20(33-21)34-8-7-29-17(13-34)15-9-32-36(11-15)22(37)23(14-28)4-5-23/h1-3,6,9-12,17,29H,4-5,7-8,13H2/t17-/m0/s1. The fraction of sp³-hybridized carbons (Fsp3) is 0.333.